The van der Waals surface area contributed by atoms with Crippen LogP contribution in [0, 0.1) is 12.8 Å². The van der Waals surface area contributed by atoms with Gasteiger partial charge in [-0.05, 0) is 18.9 Å². The molecule has 1 rings (SSSR count). The second kappa shape index (κ2) is 6.00. The molecular weight excluding hydrogens is 236 g/mol. The van der Waals surface area contributed by atoms with Crippen LogP contribution in [-0.4, -0.2) is 22.5 Å². The average molecular weight is 252 g/mol. The molecule has 0 radical (unpaired) electrons. The molecule has 1 aromatic rings. The predicted molar refractivity (Wildman–Crippen MR) is 67.3 cm³/mol. The van der Waals surface area contributed by atoms with Crippen molar-refractivity contribution in [3.05, 3.63) is 38.2 Å². The van der Waals surface area contributed by atoms with Gasteiger partial charge in [-0.15, -0.1) is 0 Å². The highest BCUT2D eigenvalue weighted by molar-refractivity contribution is 5.87. The maximum Gasteiger partial charge on any atom is 0.330 e. The smallest absolute Gasteiger partial charge is 0.330 e. The van der Waals surface area contributed by atoms with Crippen LogP contribution in [0.25, 0.3) is 6.08 Å². The van der Waals surface area contributed by atoms with Gasteiger partial charge >= 0.3 is 11.7 Å². The fourth-order valence-electron chi connectivity index (χ4n) is 1.26. The Labute approximate surface area is 104 Å². The molecule has 6 nitrogen and oxygen atoms in total. The van der Waals surface area contributed by atoms with Crippen molar-refractivity contribution in [2.75, 3.05) is 6.61 Å². The molecule has 6 heteroatoms. The molecule has 0 bridgehead atoms. The molecule has 0 aliphatic rings. The minimum absolute atomic E-state index is 0.232. The Morgan fingerprint density at radius 1 is 1.33 bits per heavy atom. The van der Waals surface area contributed by atoms with Crippen molar-refractivity contribution in [3.8, 4) is 0 Å². The summed E-state index contributed by atoms with van der Waals surface area (Å²) in [6.07, 6.45) is 2.49. The highest BCUT2D eigenvalue weighted by atomic mass is 16.5. The Balaban J connectivity index is 2.82. The van der Waals surface area contributed by atoms with E-state index in [0.29, 0.717) is 12.3 Å². The SMILES string of the molecule is Cc1[nH]c(=O)[nH]c(=O)c1/C=C/C(=O)OCC(C)C. The third kappa shape index (κ3) is 4.04. The first kappa shape index (κ1) is 14.0. The third-order valence-electron chi connectivity index (χ3n) is 2.12. The second-order valence-electron chi connectivity index (χ2n) is 4.30. The first-order chi connectivity index (χ1) is 8.40. The fraction of sp³-hybridized carbons (Fsp3) is 0.417. The van der Waals surface area contributed by atoms with E-state index < -0.39 is 17.2 Å². The lowest BCUT2D eigenvalue weighted by molar-refractivity contribution is -0.138. The van der Waals surface area contributed by atoms with Gasteiger partial charge < -0.3 is 9.72 Å². The highest BCUT2D eigenvalue weighted by Crippen LogP contribution is 1.99. The zero-order chi connectivity index (χ0) is 13.7. The summed E-state index contributed by atoms with van der Waals surface area (Å²) in [5.74, 6) is -0.269. The van der Waals surface area contributed by atoms with Crippen LogP contribution in [0.3, 0.4) is 0 Å². The zero-order valence-corrected chi connectivity index (χ0v) is 10.6. The van der Waals surface area contributed by atoms with E-state index in [0.717, 1.165) is 6.08 Å². The summed E-state index contributed by atoms with van der Waals surface area (Å²) in [5.41, 5.74) is -0.478. The second-order valence-corrected chi connectivity index (χ2v) is 4.30. The lowest BCUT2D eigenvalue weighted by Gasteiger charge is -2.04. The van der Waals surface area contributed by atoms with Crippen LogP contribution in [0.1, 0.15) is 25.1 Å². The molecule has 0 fully saturated rings. The molecule has 2 N–H and O–H groups in total. The number of carbonyl (C=O) groups excluding carboxylic acids is 1. The van der Waals surface area contributed by atoms with Gasteiger partial charge in [0.2, 0.25) is 0 Å². The maximum atomic E-state index is 11.5. The zero-order valence-electron chi connectivity index (χ0n) is 10.6. The van der Waals surface area contributed by atoms with Crippen LogP contribution in [-0.2, 0) is 9.53 Å². The summed E-state index contributed by atoms with van der Waals surface area (Å²) >= 11 is 0. The molecule has 0 amide bonds. The summed E-state index contributed by atoms with van der Waals surface area (Å²) in [4.78, 5) is 38.3. The number of hydrogen-bond donors (Lipinski definition) is 2. The number of ether oxygens (including phenoxy) is 1. The fourth-order valence-corrected chi connectivity index (χ4v) is 1.26. The molecule has 0 aliphatic carbocycles. The number of rotatable bonds is 4. The molecule has 0 aliphatic heterocycles. The summed E-state index contributed by atoms with van der Waals surface area (Å²) < 4.78 is 4.92. The number of hydrogen-bond acceptors (Lipinski definition) is 4. The lowest BCUT2D eigenvalue weighted by atomic mass is 10.2. The lowest BCUT2D eigenvalue weighted by Crippen LogP contribution is -2.25. The van der Waals surface area contributed by atoms with Crippen LogP contribution in [0.5, 0.6) is 0 Å². The van der Waals surface area contributed by atoms with E-state index >= 15 is 0 Å². The van der Waals surface area contributed by atoms with Crippen molar-refractivity contribution in [3.63, 3.8) is 0 Å². The highest BCUT2D eigenvalue weighted by Gasteiger charge is 2.04. The number of esters is 1. The van der Waals surface area contributed by atoms with Crippen molar-refractivity contribution >= 4 is 12.0 Å². The van der Waals surface area contributed by atoms with Crippen LogP contribution in [0.4, 0.5) is 0 Å². The van der Waals surface area contributed by atoms with Crippen molar-refractivity contribution in [1.29, 1.82) is 0 Å². The van der Waals surface area contributed by atoms with Gasteiger partial charge in [-0.1, -0.05) is 13.8 Å². The molecule has 18 heavy (non-hydrogen) atoms. The molecule has 0 spiro atoms. The van der Waals surface area contributed by atoms with Gasteiger partial charge in [-0.25, -0.2) is 9.59 Å². The Morgan fingerprint density at radius 2 is 2.00 bits per heavy atom. The number of carbonyl (C=O) groups is 1. The number of aromatic nitrogens is 2. The Morgan fingerprint density at radius 3 is 2.56 bits per heavy atom. The normalized spacial score (nSPS) is 11.1. The van der Waals surface area contributed by atoms with E-state index in [4.69, 9.17) is 4.74 Å². The first-order valence-electron chi connectivity index (χ1n) is 5.58. The predicted octanol–water partition coefficient (Wildman–Crippen LogP) is 0.584. The third-order valence-corrected chi connectivity index (χ3v) is 2.12. The number of H-pyrrole nitrogens is 2. The van der Waals surface area contributed by atoms with E-state index in [2.05, 4.69) is 9.97 Å². The molecular formula is C12H16N2O4. The Kier molecular flexibility index (Phi) is 4.65. The number of aryl methyl sites for hydroxylation is 1. The summed E-state index contributed by atoms with van der Waals surface area (Å²) in [5, 5.41) is 0. The summed E-state index contributed by atoms with van der Waals surface area (Å²) in [6, 6.07) is 0. The van der Waals surface area contributed by atoms with Crippen molar-refractivity contribution in [2.45, 2.75) is 20.8 Å². The van der Waals surface area contributed by atoms with Gasteiger partial charge in [0.25, 0.3) is 5.56 Å². The van der Waals surface area contributed by atoms with Crippen molar-refractivity contribution < 1.29 is 9.53 Å². The van der Waals surface area contributed by atoms with Crippen LogP contribution < -0.4 is 11.2 Å². The Hall–Kier alpha value is -2.11. The van der Waals surface area contributed by atoms with Gasteiger partial charge in [-0.3, -0.25) is 9.78 Å². The quantitative estimate of drug-likeness (QED) is 0.605. The van der Waals surface area contributed by atoms with E-state index in [1.807, 2.05) is 13.8 Å². The minimum Gasteiger partial charge on any atom is -0.462 e. The van der Waals surface area contributed by atoms with Crippen molar-refractivity contribution in [2.24, 2.45) is 5.92 Å². The van der Waals surface area contributed by atoms with Gasteiger partial charge in [-0.2, -0.15) is 0 Å². The standard InChI is InChI=1S/C12H16N2O4/c1-7(2)6-18-10(15)5-4-9-8(3)13-12(17)14-11(9)16/h4-5,7H,6H2,1-3H3,(H2,13,14,16,17)/b5-4+. The van der Waals surface area contributed by atoms with Crippen LogP contribution in [0.15, 0.2) is 15.7 Å². The molecule has 0 saturated heterocycles. The average Bonchev–Trinajstić information content (AvgIpc) is 2.24. The van der Waals surface area contributed by atoms with E-state index in [1.165, 1.54) is 6.08 Å². The van der Waals surface area contributed by atoms with E-state index in [9.17, 15) is 14.4 Å². The topological polar surface area (TPSA) is 92.0 Å². The molecule has 1 heterocycles. The van der Waals surface area contributed by atoms with Gasteiger partial charge in [0.05, 0.1) is 12.2 Å². The van der Waals surface area contributed by atoms with E-state index in [1.54, 1.807) is 6.92 Å². The molecule has 0 unspecified atom stereocenters. The molecule has 1 aromatic heterocycles. The maximum absolute atomic E-state index is 11.5. The number of nitrogens with one attached hydrogen (secondary N) is 2. The van der Waals surface area contributed by atoms with Gasteiger partial charge in [0.1, 0.15) is 0 Å². The molecule has 0 saturated carbocycles. The van der Waals surface area contributed by atoms with Crippen LogP contribution in [0.2, 0.25) is 0 Å². The van der Waals surface area contributed by atoms with Gasteiger partial charge in [0.15, 0.2) is 0 Å². The largest absolute Gasteiger partial charge is 0.462 e. The summed E-state index contributed by atoms with van der Waals surface area (Å²) in [7, 11) is 0. The molecule has 0 atom stereocenters. The van der Waals surface area contributed by atoms with Crippen molar-refractivity contribution in [1.82, 2.24) is 9.97 Å². The molecule has 0 aromatic carbocycles. The van der Waals surface area contributed by atoms with Gasteiger partial charge in [0, 0.05) is 11.8 Å². The van der Waals surface area contributed by atoms with Crippen LogP contribution >= 0.6 is 0 Å². The first-order valence-corrected chi connectivity index (χ1v) is 5.58. The Bertz CT molecular complexity index is 566. The van der Waals surface area contributed by atoms with E-state index in [-0.39, 0.29) is 11.5 Å². The monoisotopic (exact) mass is 252 g/mol. The number of aromatic amines is 2. The molecule has 98 valence electrons. The summed E-state index contributed by atoms with van der Waals surface area (Å²) in [6.45, 7) is 5.75. The minimum atomic E-state index is -0.572.